The zero-order valence-electron chi connectivity index (χ0n) is 10.6. The summed E-state index contributed by atoms with van der Waals surface area (Å²) in [5.74, 6) is 0.541. The lowest BCUT2D eigenvalue weighted by Crippen LogP contribution is -2.12. The van der Waals surface area contributed by atoms with Crippen LogP contribution in [0.4, 0.5) is 5.69 Å². The Labute approximate surface area is 115 Å². The summed E-state index contributed by atoms with van der Waals surface area (Å²) in [5, 5.41) is 5.22. The first-order chi connectivity index (χ1) is 9.22. The number of nitrogens with one attached hydrogen (secondary N) is 1. The minimum Gasteiger partial charge on any atom is -0.494 e. The van der Waals surface area contributed by atoms with Crippen LogP contribution < -0.4 is 15.8 Å². The van der Waals surface area contributed by atoms with Gasteiger partial charge in [-0.3, -0.25) is 4.79 Å². The molecule has 0 saturated carbocycles. The summed E-state index contributed by atoms with van der Waals surface area (Å²) in [6.45, 7) is 2.89. The van der Waals surface area contributed by atoms with Gasteiger partial charge in [0.1, 0.15) is 16.5 Å². The predicted octanol–water partition coefficient (Wildman–Crippen LogP) is 2.25. The Morgan fingerprint density at radius 2 is 2.16 bits per heavy atom. The van der Waals surface area contributed by atoms with Gasteiger partial charge in [-0.15, -0.1) is 11.3 Å². The molecule has 0 aliphatic carbocycles. The monoisotopic (exact) mass is 277 g/mol. The van der Waals surface area contributed by atoms with Crippen molar-refractivity contribution >= 4 is 22.9 Å². The van der Waals surface area contributed by atoms with E-state index in [1.165, 1.54) is 11.3 Å². The number of thiazole rings is 1. The second kappa shape index (κ2) is 6.31. The van der Waals surface area contributed by atoms with Crippen LogP contribution in [-0.2, 0) is 6.54 Å². The van der Waals surface area contributed by atoms with E-state index in [-0.39, 0.29) is 5.91 Å². The third-order valence-corrected chi connectivity index (χ3v) is 3.25. The summed E-state index contributed by atoms with van der Waals surface area (Å²) in [5.41, 5.74) is 6.56. The van der Waals surface area contributed by atoms with Crippen molar-refractivity contribution in [1.82, 2.24) is 4.98 Å². The number of ether oxygens (including phenoxy) is 1. The second-order valence-corrected chi connectivity index (χ2v) is 4.68. The third-order valence-electron chi connectivity index (χ3n) is 2.38. The number of hydrogen-bond donors (Lipinski definition) is 2. The van der Waals surface area contributed by atoms with Gasteiger partial charge in [0, 0.05) is 17.6 Å². The largest absolute Gasteiger partial charge is 0.494 e. The molecule has 0 aliphatic heterocycles. The first-order valence-electron chi connectivity index (χ1n) is 5.91. The van der Waals surface area contributed by atoms with Crippen molar-refractivity contribution in [3.05, 3.63) is 40.3 Å². The van der Waals surface area contributed by atoms with Gasteiger partial charge in [-0.2, -0.15) is 0 Å². The number of anilines is 1. The summed E-state index contributed by atoms with van der Waals surface area (Å²) in [6.07, 6.45) is 0. The van der Waals surface area contributed by atoms with Crippen molar-refractivity contribution in [3.63, 3.8) is 0 Å². The van der Waals surface area contributed by atoms with Gasteiger partial charge in [-0.05, 0) is 31.2 Å². The molecule has 2 aromatic rings. The molecule has 0 radical (unpaired) electrons. The molecule has 0 spiro atoms. The minimum absolute atomic E-state index is 0.236. The summed E-state index contributed by atoms with van der Waals surface area (Å²) < 4.78 is 5.33. The van der Waals surface area contributed by atoms with Crippen molar-refractivity contribution in [2.45, 2.75) is 13.5 Å². The zero-order chi connectivity index (χ0) is 13.7. The highest BCUT2D eigenvalue weighted by molar-refractivity contribution is 7.09. The van der Waals surface area contributed by atoms with Crippen LogP contribution in [0.5, 0.6) is 5.75 Å². The van der Waals surface area contributed by atoms with E-state index in [1.54, 1.807) is 17.5 Å². The molecule has 0 fully saturated rings. The lowest BCUT2D eigenvalue weighted by atomic mass is 10.3. The Hall–Kier alpha value is -1.92. The van der Waals surface area contributed by atoms with Crippen LogP contribution in [0.1, 0.15) is 22.4 Å². The molecule has 1 aromatic carbocycles. The zero-order valence-corrected chi connectivity index (χ0v) is 11.4. The number of hydrogen-bond acceptors (Lipinski definition) is 5. The first-order valence-corrected chi connectivity index (χ1v) is 6.79. The van der Waals surface area contributed by atoms with Gasteiger partial charge in [-0.25, -0.2) is 4.98 Å². The third kappa shape index (κ3) is 3.52. The quantitative estimate of drug-likeness (QED) is 0.878. The van der Waals surface area contributed by atoms with Gasteiger partial charge in [0.05, 0.1) is 6.61 Å². The molecular formula is C13H15N3O2S. The van der Waals surface area contributed by atoms with Gasteiger partial charge in [0.2, 0.25) is 0 Å². The standard InChI is InChI=1S/C13H15N3O2S/c1-2-18-10-5-3-9(4-6-10)15-13(17)11-8-19-12(7-14)16-11/h3-6,8H,2,7,14H2,1H3,(H,15,17). The van der Waals surface area contributed by atoms with E-state index in [0.717, 1.165) is 10.8 Å². The predicted molar refractivity (Wildman–Crippen MR) is 75.6 cm³/mol. The maximum atomic E-state index is 11.9. The Morgan fingerprint density at radius 3 is 2.74 bits per heavy atom. The summed E-state index contributed by atoms with van der Waals surface area (Å²) in [4.78, 5) is 16.0. The molecule has 1 aromatic heterocycles. The summed E-state index contributed by atoms with van der Waals surface area (Å²) in [6, 6.07) is 7.20. The molecule has 100 valence electrons. The van der Waals surface area contributed by atoms with Crippen molar-refractivity contribution in [3.8, 4) is 5.75 Å². The van der Waals surface area contributed by atoms with Crippen molar-refractivity contribution < 1.29 is 9.53 Å². The van der Waals surface area contributed by atoms with Crippen LogP contribution >= 0.6 is 11.3 Å². The molecule has 2 rings (SSSR count). The van der Waals surface area contributed by atoms with Crippen LogP contribution in [-0.4, -0.2) is 17.5 Å². The van der Waals surface area contributed by atoms with Gasteiger partial charge >= 0.3 is 0 Å². The highest BCUT2D eigenvalue weighted by Crippen LogP contribution is 2.17. The average molecular weight is 277 g/mol. The molecule has 5 nitrogen and oxygen atoms in total. The van der Waals surface area contributed by atoms with E-state index in [4.69, 9.17) is 10.5 Å². The number of amides is 1. The van der Waals surface area contributed by atoms with Gasteiger partial charge < -0.3 is 15.8 Å². The van der Waals surface area contributed by atoms with Crippen LogP contribution in [0.25, 0.3) is 0 Å². The van der Waals surface area contributed by atoms with E-state index >= 15 is 0 Å². The Morgan fingerprint density at radius 1 is 1.42 bits per heavy atom. The number of nitrogens with two attached hydrogens (primary N) is 1. The first kappa shape index (κ1) is 13.5. The number of carbonyl (C=O) groups excluding carboxylic acids is 1. The van der Waals surface area contributed by atoms with E-state index in [1.807, 2.05) is 19.1 Å². The van der Waals surface area contributed by atoms with Crippen LogP contribution in [0.2, 0.25) is 0 Å². The van der Waals surface area contributed by atoms with Crippen molar-refractivity contribution in [2.24, 2.45) is 5.73 Å². The highest BCUT2D eigenvalue weighted by atomic mass is 32.1. The van der Waals surface area contributed by atoms with Crippen LogP contribution in [0, 0.1) is 0 Å². The van der Waals surface area contributed by atoms with Crippen LogP contribution in [0.15, 0.2) is 29.6 Å². The molecule has 3 N–H and O–H groups in total. The molecule has 6 heteroatoms. The molecule has 19 heavy (non-hydrogen) atoms. The fourth-order valence-corrected chi connectivity index (χ4v) is 2.16. The molecule has 0 saturated heterocycles. The number of carbonyl (C=O) groups is 1. The maximum Gasteiger partial charge on any atom is 0.275 e. The van der Waals surface area contributed by atoms with Crippen LogP contribution in [0.3, 0.4) is 0 Å². The summed E-state index contributed by atoms with van der Waals surface area (Å²) >= 11 is 1.38. The Bertz CT molecular complexity index is 551. The van der Waals surface area contributed by atoms with Gasteiger partial charge in [0.15, 0.2) is 0 Å². The van der Waals surface area contributed by atoms with E-state index in [2.05, 4.69) is 10.3 Å². The smallest absolute Gasteiger partial charge is 0.275 e. The number of aromatic nitrogens is 1. The van der Waals surface area contributed by atoms with E-state index in [9.17, 15) is 4.79 Å². The molecule has 1 amide bonds. The fourth-order valence-electron chi connectivity index (χ4n) is 1.51. The van der Waals surface area contributed by atoms with Crippen molar-refractivity contribution in [2.75, 3.05) is 11.9 Å². The van der Waals surface area contributed by atoms with Crippen molar-refractivity contribution in [1.29, 1.82) is 0 Å². The topological polar surface area (TPSA) is 77.2 Å². The normalized spacial score (nSPS) is 10.2. The Balaban J connectivity index is 2.01. The number of rotatable bonds is 5. The molecule has 0 atom stereocenters. The van der Waals surface area contributed by atoms with Gasteiger partial charge in [0.25, 0.3) is 5.91 Å². The number of benzene rings is 1. The molecule has 0 aliphatic rings. The van der Waals surface area contributed by atoms with E-state index < -0.39 is 0 Å². The fraction of sp³-hybridized carbons (Fsp3) is 0.231. The summed E-state index contributed by atoms with van der Waals surface area (Å²) in [7, 11) is 0. The second-order valence-electron chi connectivity index (χ2n) is 3.74. The minimum atomic E-state index is -0.236. The Kier molecular flexibility index (Phi) is 4.48. The molecule has 1 heterocycles. The highest BCUT2D eigenvalue weighted by Gasteiger charge is 2.10. The lowest BCUT2D eigenvalue weighted by molar-refractivity contribution is 0.102. The molecule has 0 bridgehead atoms. The molecule has 0 unspecified atom stereocenters. The lowest BCUT2D eigenvalue weighted by Gasteiger charge is -2.05. The maximum absolute atomic E-state index is 11.9. The molecular weight excluding hydrogens is 262 g/mol. The number of nitrogens with zero attached hydrogens (tertiary/aromatic N) is 1. The van der Waals surface area contributed by atoms with Gasteiger partial charge in [-0.1, -0.05) is 0 Å². The SMILES string of the molecule is CCOc1ccc(NC(=O)c2csc(CN)n2)cc1. The average Bonchev–Trinajstić information content (AvgIpc) is 2.90. The van der Waals surface area contributed by atoms with E-state index in [0.29, 0.717) is 24.5 Å².